The van der Waals surface area contributed by atoms with Gasteiger partial charge in [0.25, 0.3) is 17.5 Å². The van der Waals surface area contributed by atoms with Gasteiger partial charge in [0.2, 0.25) is 11.3 Å². The number of carboxylic acids is 1. The molecule has 18 heteroatoms. The maximum absolute atomic E-state index is 13.9. The van der Waals surface area contributed by atoms with Crippen molar-refractivity contribution in [2.45, 2.75) is 22.2 Å². The third-order valence-electron chi connectivity index (χ3n) is 7.38. The highest BCUT2D eigenvalue weighted by Crippen LogP contribution is 2.47. The number of phenols is 1. The Morgan fingerprint density at radius 1 is 1.24 bits per heavy atom. The maximum atomic E-state index is 13.9. The molecule has 0 bridgehead atoms. The van der Waals surface area contributed by atoms with Gasteiger partial charge in [-0.25, -0.2) is 4.79 Å². The van der Waals surface area contributed by atoms with Crippen molar-refractivity contribution >= 4 is 58.2 Å². The molecule has 2 aliphatic heterocycles. The SMILES string of the molecule is CO[C@@]1(NC(=O)C(NC(=O)c2c[nH]c3cccnc3c2=O)c2ccc(O)cc2)C(=O)N2C(C(=O)O)=C(CSc3cn[nH]n3)CS[C@H]21. The smallest absolute Gasteiger partial charge is 0.352 e. The largest absolute Gasteiger partial charge is 0.508 e. The van der Waals surface area contributed by atoms with Crippen molar-refractivity contribution in [3.05, 3.63) is 87.6 Å². The van der Waals surface area contributed by atoms with Crippen LogP contribution >= 0.6 is 23.5 Å². The molecule has 6 rings (SSSR count). The summed E-state index contributed by atoms with van der Waals surface area (Å²) in [5.74, 6) is -3.62. The Kier molecular flexibility index (Phi) is 8.24. The van der Waals surface area contributed by atoms with Crippen LogP contribution in [0.3, 0.4) is 0 Å². The molecule has 1 saturated heterocycles. The molecule has 46 heavy (non-hydrogen) atoms. The van der Waals surface area contributed by atoms with Crippen molar-refractivity contribution in [1.82, 2.24) is 40.9 Å². The lowest BCUT2D eigenvalue weighted by atomic mass is 9.96. The van der Waals surface area contributed by atoms with Crippen molar-refractivity contribution in [2.24, 2.45) is 0 Å². The summed E-state index contributed by atoms with van der Waals surface area (Å²) in [6.45, 7) is 0. The van der Waals surface area contributed by atoms with E-state index in [1.165, 1.54) is 73.5 Å². The predicted molar refractivity (Wildman–Crippen MR) is 163 cm³/mol. The summed E-state index contributed by atoms with van der Waals surface area (Å²) in [5.41, 5.74) is -2.07. The number of aromatic nitrogens is 5. The number of aromatic amines is 2. The number of phenolic OH excluding ortho intramolecular Hbond substituents is 1. The maximum Gasteiger partial charge on any atom is 0.352 e. The summed E-state index contributed by atoms with van der Waals surface area (Å²) < 4.78 is 5.57. The molecule has 3 amide bonds. The van der Waals surface area contributed by atoms with Crippen molar-refractivity contribution in [1.29, 1.82) is 0 Å². The summed E-state index contributed by atoms with van der Waals surface area (Å²) in [7, 11) is 1.20. The fourth-order valence-electron chi connectivity index (χ4n) is 5.12. The number of hydrogen-bond acceptors (Lipinski definition) is 12. The summed E-state index contributed by atoms with van der Waals surface area (Å²) >= 11 is 2.44. The van der Waals surface area contributed by atoms with Crippen LogP contribution in [0.15, 0.2) is 76.1 Å². The molecule has 0 spiro atoms. The van der Waals surface area contributed by atoms with Crippen LogP contribution in [-0.4, -0.2) is 93.9 Å². The van der Waals surface area contributed by atoms with Crippen LogP contribution < -0.4 is 16.1 Å². The molecule has 0 saturated carbocycles. The van der Waals surface area contributed by atoms with Crippen LogP contribution in [0.4, 0.5) is 0 Å². The van der Waals surface area contributed by atoms with Gasteiger partial charge in [-0.2, -0.15) is 10.3 Å². The molecular weight excluding hydrogens is 640 g/mol. The lowest BCUT2D eigenvalue weighted by Crippen LogP contribution is -2.81. The third kappa shape index (κ3) is 5.35. The summed E-state index contributed by atoms with van der Waals surface area (Å²) in [6, 6.07) is 7.15. The molecule has 2 aliphatic rings. The molecule has 5 heterocycles. The Hall–Kier alpha value is -5.20. The number of aliphatic carboxylic acids is 1. The average Bonchev–Trinajstić information content (AvgIpc) is 3.59. The zero-order valence-corrected chi connectivity index (χ0v) is 25.3. The van der Waals surface area contributed by atoms with E-state index in [-0.39, 0.29) is 39.6 Å². The number of hydrogen-bond donors (Lipinski definition) is 6. The van der Waals surface area contributed by atoms with E-state index in [4.69, 9.17) is 4.74 Å². The van der Waals surface area contributed by atoms with Gasteiger partial charge in [0.1, 0.15) is 39.0 Å². The number of fused-ring (bicyclic) bond motifs is 2. The lowest BCUT2D eigenvalue weighted by molar-refractivity contribution is -0.192. The highest BCUT2D eigenvalue weighted by molar-refractivity contribution is 8.01. The van der Waals surface area contributed by atoms with Crippen LogP contribution in [0, 0.1) is 0 Å². The second-order valence-corrected chi connectivity index (χ2v) is 12.1. The Morgan fingerprint density at radius 2 is 2.02 bits per heavy atom. The molecule has 0 aliphatic carbocycles. The summed E-state index contributed by atoms with van der Waals surface area (Å²) in [4.78, 5) is 74.3. The van der Waals surface area contributed by atoms with E-state index >= 15 is 0 Å². The molecule has 1 aromatic carbocycles. The van der Waals surface area contributed by atoms with Crippen molar-refractivity contribution in [2.75, 3.05) is 18.6 Å². The van der Waals surface area contributed by atoms with E-state index in [0.717, 1.165) is 4.90 Å². The Bertz CT molecular complexity index is 1950. The van der Waals surface area contributed by atoms with Crippen LogP contribution in [0.5, 0.6) is 5.75 Å². The minimum atomic E-state index is -1.97. The van der Waals surface area contributed by atoms with E-state index in [1.54, 1.807) is 12.1 Å². The molecular formula is C28H24N8O8S2. The molecule has 1 unspecified atom stereocenters. The summed E-state index contributed by atoms with van der Waals surface area (Å²) in [5, 5.41) is 34.7. The Balaban J connectivity index is 1.28. The minimum absolute atomic E-state index is 0.0229. The van der Waals surface area contributed by atoms with Gasteiger partial charge < -0.3 is 30.6 Å². The number of pyridine rings is 2. The topological polar surface area (TPSA) is 233 Å². The van der Waals surface area contributed by atoms with Crippen LogP contribution in [-0.2, 0) is 19.1 Å². The number of carbonyl (C=O) groups is 4. The van der Waals surface area contributed by atoms with E-state index in [2.05, 4.69) is 36.0 Å². The van der Waals surface area contributed by atoms with Crippen molar-refractivity contribution in [3.8, 4) is 5.75 Å². The fraction of sp³-hybridized carbons (Fsp3) is 0.214. The van der Waals surface area contributed by atoms with Crippen LogP contribution in [0.25, 0.3) is 11.0 Å². The molecule has 3 aromatic heterocycles. The van der Waals surface area contributed by atoms with Gasteiger partial charge in [0.05, 0.1) is 11.7 Å². The lowest BCUT2D eigenvalue weighted by Gasteiger charge is -2.56. The highest BCUT2D eigenvalue weighted by Gasteiger charge is 2.67. The number of rotatable bonds is 10. The van der Waals surface area contributed by atoms with Crippen molar-refractivity contribution in [3.63, 3.8) is 0 Å². The highest BCUT2D eigenvalue weighted by atomic mass is 32.2. The number of H-pyrrole nitrogens is 2. The Morgan fingerprint density at radius 3 is 2.72 bits per heavy atom. The van der Waals surface area contributed by atoms with Crippen LogP contribution in [0.1, 0.15) is 22.0 Å². The number of carbonyl (C=O) groups excluding carboxylic acids is 3. The number of amides is 3. The normalized spacial score (nSPS) is 19.7. The van der Waals surface area contributed by atoms with Gasteiger partial charge in [-0.15, -0.1) is 16.9 Å². The predicted octanol–water partition coefficient (Wildman–Crippen LogP) is 0.723. The van der Waals surface area contributed by atoms with Crippen molar-refractivity contribution < 1.29 is 34.1 Å². The van der Waals surface area contributed by atoms with Gasteiger partial charge in [-0.3, -0.25) is 29.1 Å². The second kappa shape index (κ2) is 12.3. The Labute approximate surface area is 267 Å². The second-order valence-electron chi connectivity index (χ2n) is 10.1. The molecule has 3 atom stereocenters. The number of carboxylic acid groups (broad SMARTS) is 1. The number of β-lactam (4-membered cyclic amide) rings is 1. The van der Waals surface area contributed by atoms with Gasteiger partial charge in [-0.1, -0.05) is 23.9 Å². The zero-order valence-electron chi connectivity index (χ0n) is 23.7. The first-order chi connectivity index (χ1) is 22.1. The molecule has 0 radical (unpaired) electrons. The van der Waals surface area contributed by atoms with Gasteiger partial charge >= 0.3 is 5.97 Å². The van der Waals surface area contributed by atoms with Gasteiger partial charge in [-0.05, 0) is 35.4 Å². The van der Waals surface area contributed by atoms with E-state index in [0.29, 0.717) is 16.1 Å². The first-order valence-corrected chi connectivity index (χ1v) is 15.5. The van der Waals surface area contributed by atoms with E-state index in [9.17, 15) is 34.2 Å². The molecule has 1 fully saturated rings. The first-order valence-electron chi connectivity index (χ1n) is 13.5. The molecule has 16 nitrogen and oxygen atoms in total. The summed E-state index contributed by atoms with van der Waals surface area (Å²) in [6.07, 6.45) is 4.09. The number of thioether (sulfide) groups is 2. The monoisotopic (exact) mass is 664 g/mol. The molecule has 236 valence electrons. The van der Waals surface area contributed by atoms with E-state index in [1.807, 2.05) is 0 Å². The standard InChI is InChI=1S/C28H24N8O8S2/c1-44-28(26(43)36-21(25(41)42)14(12-46-27(28)36)11-45-18-10-31-35-34-18)33-24(40)19(13-4-6-15(37)7-5-13)32-23(39)16-9-30-17-3-2-8-29-20(17)22(16)38/h2-10,19,27,37H,11-12H2,1H3,(H,30,38)(H,32,39)(H,33,40)(H,41,42)(H,31,34,35)/t19?,27-,28-/m0/s1. The average molecular weight is 665 g/mol. The fourth-order valence-corrected chi connectivity index (χ4v) is 7.48. The first kappa shape index (κ1) is 30.8. The third-order valence-corrected chi connectivity index (χ3v) is 9.74. The molecule has 4 aromatic rings. The zero-order chi connectivity index (χ0) is 32.6. The number of nitrogens with one attached hydrogen (secondary N) is 4. The van der Waals surface area contributed by atoms with E-state index < -0.39 is 46.3 Å². The number of ether oxygens (including phenoxy) is 1. The quantitative estimate of drug-likeness (QED) is 0.0780. The number of benzene rings is 1. The van der Waals surface area contributed by atoms with Gasteiger partial charge in [0.15, 0.2) is 0 Å². The number of nitrogens with zero attached hydrogens (tertiary/aromatic N) is 4. The minimum Gasteiger partial charge on any atom is -0.508 e. The van der Waals surface area contributed by atoms with Gasteiger partial charge in [0, 0.05) is 31.0 Å². The number of aromatic hydroxyl groups is 1. The molecule has 6 N–H and O–H groups in total. The van der Waals surface area contributed by atoms with Crippen LogP contribution in [0.2, 0.25) is 0 Å². The number of methoxy groups -OCH3 is 1.